The van der Waals surface area contributed by atoms with Gasteiger partial charge < -0.3 is 9.47 Å². The summed E-state index contributed by atoms with van der Waals surface area (Å²) in [6.45, 7) is 3.31. The Kier molecular flexibility index (Phi) is 5.45. The van der Waals surface area contributed by atoms with Gasteiger partial charge in [-0.3, -0.25) is 4.79 Å². The molecule has 1 rings (SSSR count). The number of alkyl halides is 1. The van der Waals surface area contributed by atoms with Crippen LogP contribution < -0.4 is 0 Å². The van der Waals surface area contributed by atoms with Crippen LogP contribution in [0.3, 0.4) is 0 Å². The molecule has 0 saturated heterocycles. The van der Waals surface area contributed by atoms with E-state index >= 15 is 0 Å². The van der Waals surface area contributed by atoms with E-state index in [4.69, 9.17) is 21.1 Å². The van der Waals surface area contributed by atoms with E-state index in [1.807, 2.05) is 37.3 Å². The molecule has 0 spiro atoms. The van der Waals surface area contributed by atoms with Gasteiger partial charge in [-0.25, -0.2) is 0 Å². The van der Waals surface area contributed by atoms with Crippen molar-refractivity contribution >= 4 is 17.6 Å². The summed E-state index contributed by atoms with van der Waals surface area (Å²) in [5.41, 5.74) is 1.08. The van der Waals surface area contributed by atoms with Crippen molar-refractivity contribution in [2.75, 3.05) is 7.11 Å². The van der Waals surface area contributed by atoms with Gasteiger partial charge in [0, 0.05) is 20.0 Å². The van der Waals surface area contributed by atoms with Crippen LogP contribution in [0.1, 0.15) is 25.3 Å². The molecule has 3 nitrogen and oxygen atoms in total. The van der Waals surface area contributed by atoms with Crippen LogP contribution in [0.25, 0.3) is 0 Å². The Morgan fingerprint density at radius 1 is 1.29 bits per heavy atom. The minimum Gasteiger partial charge on any atom is -0.434 e. The fourth-order valence-corrected chi connectivity index (χ4v) is 1.88. The van der Waals surface area contributed by atoms with Crippen LogP contribution in [0.15, 0.2) is 30.3 Å². The van der Waals surface area contributed by atoms with Gasteiger partial charge in [-0.05, 0) is 5.56 Å². The molecule has 0 fully saturated rings. The van der Waals surface area contributed by atoms with Crippen LogP contribution >= 0.6 is 11.6 Å². The molecule has 94 valence electrons. The summed E-state index contributed by atoms with van der Waals surface area (Å²) in [4.78, 5) is 10.9. The third-order valence-electron chi connectivity index (χ3n) is 2.58. The molecule has 17 heavy (non-hydrogen) atoms. The van der Waals surface area contributed by atoms with Crippen LogP contribution in [0.2, 0.25) is 0 Å². The minimum absolute atomic E-state index is 0.0298. The second kappa shape index (κ2) is 6.62. The maximum atomic E-state index is 10.9. The first-order valence-electron chi connectivity index (χ1n) is 5.45. The first kappa shape index (κ1) is 14.0. The topological polar surface area (TPSA) is 35.5 Å². The predicted molar refractivity (Wildman–Crippen MR) is 67.1 cm³/mol. The zero-order valence-electron chi connectivity index (χ0n) is 10.2. The third kappa shape index (κ3) is 4.02. The van der Waals surface area contributed by atoms with Gasteiger partial charge in [0.1, 0.15) is 5.38 Å². The average molecular weight is 257 g/mol. The van der Waals surface area contributed by atoms with Crippen molar-refractivity contribution < 1.29 is 14.3 Å². The van der Waals surface area contributed by atoms with E-state index in [1.165, 1.54) is 14.0 Å². The molecule has 3 atom stereocenters. The van der Waals surface area contributed by atoms with E-state index in [0.717, 1.165) is 5.56 Å². The SMILES string of the molecule is COC(OC(C)=O)C(Cl)C(C)c1ccccc1. The normalized spacial score (nSPS) is 16.0. The van der Waals surface area contributed by atoms with Crippen molar-refractivity contribution in [1.29, 1.82) is 0 Å². The zero-order chi connectivity index (χ0) is 12.8. The summed E-state index contributed by atoms with van der Waals surface area (Å²) in [7, 11) is 1.47. The highest BCUT2D eigenvalue weighted by Gasteiger charge is 2.28. The Morgan fingerprint density at radius 3 is 2.35 bits per heavy atom. The lowest BCUT2D eigenvalue weighted by Gasteiger charge is -2.25. The fraction of sp³-hybridized carbons (Fsp3) is 0.462. The lowest BCUT2D eigenvalue weighted by Crippen LogP contribution is -2.32. The summed E-state index contributed by atoms with van der Waals surface area (Å²) in [6, 6.07) is 9.81. The molecular weight excluding hydrogens is 240 g/mol. The summed E-state index contributed by atoms with van der Waals surface area (Å²) in [6.07, 6.45) is -0.732. The van der Waals surface area contributed by atoms with Crippen LogP contribution in [-0.2, 0) is 14.3 Å². The predicted octanol–water partition coefficient (Wildman–Crippen LogP) is 2.93. The van der Waals surface area contributed by atoms with Gasteiger partial charge in [0.25, 0.3) is 0 Å². The van der Waals surface area contributed by atoms with Crippen molar-refractivity contribution in [3.63, 3.8) is 0 Å². The van der Waals surface area contributed by atoms with Crippen molar-refractivity contribution in [3.05, 3.63) is 35.9 Å². The highest BCUT2D eigenvalue weighted by atomic mass is 35.5. The van der Waals surface area contributed by atoms with Gasteiger partial charge in [0.15, 0.2) is 0 Å². The molecule has 0 aliphatic rings. The van der Waals surface area contributed by atoms with Crippen LogP contribution in [0.4, 0.5) is 0 Å². The van der Waals surface area contributed by atoms with Crippen molar-refractivity contribution in [2.45, 2.75) is 31.4 Å². The van der Waals surface area contributed by atoms with E-state index in [2.05, 4.69) is 0 Å². The number of carbonyl (C=O) groups excluding carboxylic acids is 1. The van der Waals surface area contributed by atoms with Gasteiger partial charge in [-0.1, -0.05) is 37.3 Å². The zero-order valence-corrected chi connectivity index (χ0v) is 11.0. The summed E-state index contributed by atoms with van der Waals surface area (Å²) < 4.78 is 10.1. The molecule has 4 heteroatoms. The van der Waals surface area contributed by atoms with Crippen molar-refractivity contribution in [2.24, 2.45) is 0 Å². The Labute approximate surface area is 107 Å². The molecule has 0 saturated carbocycles. The number of carbonyl (C=O) groups is 1. The van der Waals surface area contributed by atoms with Gasteiger partial charge in [0.2, 0.25) is 6.29 Å². The lowest BCUT2D eigenvalue weighted by molar-refractivity contribution is -0.171. The number of methoxy groups -OCH3 is 1. The third-order valence-corrected chi connectivity index (χ3v) is 3.16. The van der Waals surface area contributed by atoms with Crippen molar-refractivity contribution in [3.8, 4) is 0 Å². The van der Waals surface area contributed by atoms with Gasteiger partial charge in [-0.2, -0.15) is 0 Å². The van der Waals surface area contributed by atoms with E-state index in [1.54, 1.807) is 0 Å². The molecule has 0 amide bonds. The van der Waals surface area contributed by atoms with E-state index in [0.29, 0.717) is 0 Å². The molecule has 0 aromatic heterocycles. The first-order valence-corrected chi connectivity index (χ1v) is 5.89. The van der Waals surface area contributed by atoms with Crippen LogP contribution in [0.5, 0.6) is 0 Å². The van der Waals surface area contributed by atoms with Crippen LogP contribution in [0, 0.1) is 0 Å². The summed E-state index contributed by atoms with van der Waals surface area (Å²) in [5.74, 6) is -0.370. The lowest BCUT2D eigenvalue weighted by atomic mass is 9.97. The molecule has 0 aliphatic carbocycles. The molecule has 0 heterocycles. The Morgan fingerprint density at radius 2 is 1.88 bits per heavy atom. The second-order valence-corrected chi connectivity index (χ2v) is 4.36. The minimum atomic E-state index is -0.732. The Balaban J connectivity index is 2.73. The van der Waals surface area contributed by atoms with E-state index in [-0.39, 0.29) is 5.92 Å². The summed E-state index contributed by atoms with van der Waals surface area (Å²) in [5, 5.41) is -0.425. The molecule has 1 aromatic carbocycles. The first-order chi connectivity index (χ1) is 8.06. The van der Waals surface area contributed by atoms with Gasteiger partial charge in [-0.15, -0.1) is 11.6 Å². The molecule has 0 aliphatic heterocycles. The molecule has 0 bridgehead atoms. The molecule has 0 radical (unpaired) electrons. The number of hydrogen-bond donors (Lipinski definition) is 0. The molecule has 3 unspecified atom stereocenters. The molecule has 1 aromatic rings. The largest absolute Gasteiger partial charge is 0.434 e. The number of benzene rings is 1. The second-order valence-electron chi connectivity index (χ2n) is 3.86. The van der Waals surface area contributed by atoms with E-state index in [9.17, 15) is 4.79 Å². The Bertz CT molecular complexity index is 353. The number of hydrogen-bond acceptors (Lipinski definition) is 3. The standard InChI is InChI=1S/C13H17ClO3/c1-9(11-7-5-4-6-8-11)12(14)13(16-3)17-10(2)15/h4-9,12-13H,1-3H3. The maximum Gasteiger partial charge on any atom is 0.304 e. The van der Waals surface area contributed by atoms with E-state index < -0.39 is 17.6 Å². The summed E-state index contributed by atoms with van der Waals surface area (Å²) >= 11 is 6.27. The Hall–Kier alpha value is -1.06. The van der Waals surface area contributed by atoms with Gasteiger partial charge in [0.05, 0.1) is 0 Å². The number of rotatable bonds is 5. The molecular formula is C13H17ClO3. The van der Waals surface area contributed by atoms with Crippen molar-refractivity contribution in [1.82, 2.24) is 0 Å². The highest BCUT2D eigenvalue weighted by molar-refractivity contribution is 6.21. The maximum absolute atomic E-state index is 10.9. The van der Waals surface area contributed by atoms with Crippen LogP contribution in [-0.4, -0.2) is 24.7 Å². The smallest absolute Gasteiger partial charge is 0.304 e. The highest BCUT2D eigenvalue weighted by Crippen LogP contribution is 2.27. The quantitative estimate of drug-likeness (QED) is 0.462. The number of halogens is 1. The number of ether oxygens (including phenoxy) is 2. The monoisotopic (exact) mass is 256 g/mol. The average Bonchev–Trinajstić information content (AvgIpc) is 2.35. The number of esters is 1. The van der Waals surface area contributed by atoms with Gasteiger partial charge >= 0.3 is 5.97 Å². The fourth-order valence-electron chi connectivity index (χ4n) is 1.58. The molecule has 0 N–H and O–H groups in total.